The molecule has 98 valence electrons. The van der Waals surface area contributed by atoms with Gasteiger partial charge in [0.05, 0.1) is 6.54 Å². The van der Waals surface area contributed by atoms with Gasteiger partial charge in [-0.25, -0.2) is 0 Å². The van der Waals surface area contributed by atoms with Crippen LogP contribution in [-0.2, 0) is 4.79 Å². The highest BCUT2D eigenvalue weighted by Gasteiger charge is 2.26. The van der Waals surface area contributed by atoms with E-state index in [9.17, 15) is 4.79 Å². The molecule has 0 aromatic heterocycles. The second kappa shape index (κ2) is 6.36. The monoisotopic (exact) mass is 239 g/mol. The lowest BCUT2D eigenvalue weighted by Crippen LogP contribution is -2.44. The van der Waals surface area contributed by atoms with Gasteiger partial charge in [-0.15, -0.1) is 0 Å². The molecule has 0 aromatic carbocycles. The molecule has 0 aliphatic carbocycles. The quantitative estimate of drug-likeness (QED) is 0.793. The molecule has 0 aromatic rings. The summed E-state index contributed by atoms with van der Waals surface area (Å²) in [4.78, 5) is 16.5. The summed E-state index contributed by atoms with van der Waals surface area (Å²) in [7, 11) is 0. The summed E-state index contributed by atoms with van der Waals surface area (Å²) in [5.74, 6) is 0.312. The number of hydrogen-bond donors (Lipinski definition) is 1. The first-order valence-corrected chi connectivity index (χ1v) is 7.03. The number of carbonyl (C=O) groups excluding carboxylic acids is 1. The van der Waals surface area contributed by atoms with Crippen molar-refractivity contribution in [3.63, 3.8) is 0 Å². The highest BCUT2D eigenvalue weighted by atomic mass is 16.2. The van der Waals surface area contributed by atoms with Gasteiger partial charge >= 0.3 is 0 Å². The Balaban J connectivity index is 1.82. The van der Waals surface area contributed by atoms with Gasteiger partial charge in [0.1, 0.15) is 0 Å². The Kier molecular flexibility index (Phi) is 4.80. The Labute approximate surface area is 104 Å². The number of nitrogens with zero attached hydrogens (tertiary/aromatic N) is 2. The summed E-state index contributed by atoms with van der Waals surface area (Å²) in [6.07, 6.45) is 7.24. The van der Waals surface area contributed by atoms with E-state index in [4.69, 9.17) is 5.73 Å². The zero-order chi connectivity index (χ0) is 12.1. The van der Waals surface area contributed by atoms with Crippen LogP contribution in [0.2, 0.25) is 0 Å². The van der Waals surface area contributed by atoms with Crippen molar-refractivity contribution in [3.8, 4) is 0 Å². The third kappa shape index (κ3) is 3.42. The molecule has 2 aliphatic rings. The molecule has 17 heavy (non-hydrogen) atoms. The average Bonchev–Trinajstić information content (AvgIpc) is 2.62. The number of amides is 1. The van der Waals surface area contributed by atoms with Crippen molar-refractivity contribution < 1.29 is 4.79 Å². The summed E-state index contributed by atoms with van der Waals surface area (Å²) in [5.41, 5.74) is 5.74. The van der Waals surface area contributed by atoms with E-state index in [1.54, 1.807) is 0 Å². The summed E-state index contributed by atoms with van der Waals surface area (Å²) >= 11 is 0. The lowest BCUT2D eigenvalue weighted by atomic mass is 10.2. The van der Waals surface area contributed by atoms with Gasteiger partial charge in [0.15, 0.2) is 0 Å². The van der Waals surface area contributed by atoms with Crippen LogP contribution in [0.25, 0.3) is 0 Å². The fourth-order valence-corrected chi connectivity index (χ4v) is 2.96. The maximum absolute atomic E-state index is 12.2. The van der Waals surface area contributed by atoms with Gasteiger partial charge in [0.25, 0.3) is 0 Å². The smallest absolute Gasteiger partial charge is 0.236 e. The van der Waals surface area contributed by atoms with E-state index >= 15 is 0 Å². The largest absolute Gasteiger partial charge is 0.342 e. The average molecular weight is 239 g/mol. The van der Waals surface area contributed by atoms with Crippen molar-refractivity contribution in [3.05, 3.63) is 0 Å². The summed E-state index contributed by atoms with van der Waals surface area (Å²) in [6.45, 7) is 4.23. The predicted molar refractivity (Wildman–Crippen MR) is 68.7 cm³/mol. The molecule has 1 unspecified atom stereocenters. The van der Waals surface area contributed by atoms with Crippen molar-refractivity contribution in [1.29, 1.82) is 0 Å². The lowest BCUT2D eigenvalue weighted by molar-refractivity contribution is -0.132. The molecule has 2 aliphatic heterocycles. The Morgan fingerprint density at radius 2 is 1.76 bits per heavy atom. The highest BCUT2D eigenvalue weighted by molar-refractivity contribution is 5.78. The summed E-state index contributed by atoms with van der Waals surface area (Å²) < 4.78 is 0. The van der Waals surface area contributed by atoms with Crippen LogP contribution in [0.5, 0.6) is 0 Å². The van der Waals surface area contributed by atoms with Gasteiger partial charge in [0, 0.05) is 25.7 Å². The fraction of sp³-hybridized carbons (Fsp3) is 0.923. The molecule has 2 N–H and O–H groups in total. The van der Waals surface area contributed by atoms with E-state index in [2.05, 4.69) is 9.80 Å². The molecule has 0 saturated carbocycles. The zero-order valence-electron chi connectivity index (χ0n) is 10.7. The predicted octanol–water partition coefficient (Wildman–Crippen LogP) is 0.812. The third-order valence-electron chi connectivity index (χ3n) is 4.07. The molecule has 2 fully saturated rings. The number of nitrogens with two attached hydrogens (primary N) is 1. The molecular formula is C13H25N3O. The van der Waals surface area contributed by atoms with Gasteiger partial charge in [-0.05, 0) is 32.2 Å². The Morgan fingerprint density at radius 3 is 2.41 bits per heavy atom. The number of hydrogen-bond acceptors (Lipinski definition) is 3. The van der Waals surface area contributed by atoms with Crippen LogP contribution < -0.4 is 5.73 Å². The molecule has 2 rings (SSSR count). The van der Waals surface area contributed by atoms with Gasteiger partial charge in [-0.3, -0.25) is 9.69 Å². The van der Waals surface area contributed by atoms with E-state index in [0.29, 0.717) is 25.0 Å². The third-order valence-corrected chi connectivity index (χ3v) is 4.07. The summed E-state index contributed by atoms with van der Waals surface area (Å²) in [5, 5.41) is 0. The van der Waals surface area contributed by atoms with Gasteiger partial charge in [0.2, 0.25) is 5.91 Å². The minimum atomic E-state index is 0.312. The van der Waals surface area contributed by atoms with E-state index in [1.165, 1.54) is 32.1 Å². The SMILES string of the molecule is NCC1CCCN1CC(=O)N1CCCCCC1. The molecule has 1 atom stereocenters. The zero-order valence-corrected chi connectivity index (χ0v) is 10.7. The maximum Gasteiger partial charge on any atom is 0.236 e. The van der Waals surface area contributed by atoms with Crippen LogP contribution in [0, 0.1) is 0 Å². The Morgan fingerprint density at radius 1 is 1.06 bits per heavy atom. The van der Waals surface area contributed by atoms with Crippen LogP contribution in [0.1, 0.15) is 38.5 Å². The van der Waals surface area contributed by atoms with E-state index < -0.39 is 0 Å². The van der Waals surface area contributed by atoms with E-state index in [-0.39, 0.29) is 0 Å². The second-order valence-electron chi connectivity index (χ2n) is 5.30. The highest BCUT2D eigenvalue weighted by Crippen LogP contribution is 2.17. The van der Waals surface area contributed by atoms with Crippen LogP contribution in [-0.4, -0.2) is 54.5 Å². The minimum Gasteiger partial charge on any atom is -0.342 e. The van der Waals surface area contributed by atoms with Crippen LogP contribution in [0.3, 0.4) is 0 Å². The Hall–Kier alpha value is -0.610. The lowest BCUT2D eigenvalue weighted by Gasteiger charge is -2.27. The molecule has 0 spiro atoms. The van der Waals surface area contributed by atoms with Crippen molar-refractivity contribution >= 4 is 5.91 Å². The summed E-state index contributed by atoms with van der Waals surface area (Å²) in [6, 6.07) is 0.436. The molecule has 4 nitrogen and oxygen atoms in total. The van der Waals surface area contributed by atoms with Crippen LogP contribution in [0.4, 0.5) is 0 Å². The van der Waals surface area contributed by atoms with Crippen molar-refractivity contribution in [2.75, 3.05) is 32.7 Å². The topological polar surface area (TPSA) is 49.6 Å². The van der Waals surface area contributed by atoms with Crippen molar-refractivity contribution in [2.45, 2.75) is 44.6 Å². The van der Waals surface area contributed by atoms with E-state index in [1.807, 2.05) is 0 Å². The van der Waals surface area contributed by atoms with Crippen LogP contribution in [0.15, 0.2) is 0 Å². The normalized spacial score (nSPS) is 27.1. The van der Waals surface area contributed by atoms with E-state index in [0.717, 1.165) is 26.1 Å². The molecule has 4 heteroatoms. The molecule has 2 saturated heterocycles. The first kappa shape index (κ1) is 12.8. The Bertz CT molecular complexity index is 249. The molecule has 1 amide bonds. The van der Waals surface area contributed by atoms with Gasteiger partial charge in [-0.2, -0.15) is 0 Å². The standard InChI is InChI=1S/C13H25N3O/c14-10-12-6-5-9-16(12)11-13(17)15-7-3-1-2-4-8-15/h12H,1-11,14H2. The van der Waals surface area contributed by atoms with Crippen LogP contribution >= 0.6 is 0 Å². The minimum absolute atomic E-state index is 0.312. The fourth-order valence-electron chi connectivity index (χ4n) is 2.96. The number of rotatable bonds is 3. The first-order chi connectivity index (χ1) is 8.31. The van der Waals surface area contributed by atoms with Crippen molar-refractivity contribution in [1.82, 2.24) is 9.80 Å². The molecule has 2 heterocycles. The molecule has 0 bridgehead atoms. The maximum atomic E-state index is 12.2. The number of likely N-dealkylation sites (tertiary alicyclic amines) is 2. The number of carbonyl (C=O) groups is 1. The second-order valence-corrected chi connectivity index (χ2v) is 5.30. The van der Waals surface area contributed by atoms with Gasteiger partial charge < -0.3 is 10.6 Å². The molecular weight excluding hydrogens is 214 g/mol. The molecule has 0 radical (unpaired) electrons. The van der Waals surface area contributed by atoms with Crippen molar-refractivity contribution in [2.24, 2.45) is 5.73 Å². The first-order valence-electron chi connectivity index (χ1n) is 7.03. The van der Waals surface area contributed by atoms with Gasteiger partial charge in [-0.1, -0.05) is 12.8 Å².